The number of unbranched alkanes of at least 4 members (excludes halogenated alkanes) is 6. The lowest BCUT2D eigenvalue weighted by Gasteiger charge is -2.15. The molecule has 0 aliphatic heterocycles. The zero-order valence-electron chi connectivity index (χ0n) is 11.3. The van der Waals surface area contributed by atoms with Crippen LogP contribution < -0.4 is 0 Å². The maximum absolute atomic E-state index is 11.4. The molecule has 0 N–H and O–H groups in total. The van der Waals surface area contributed by atoms with Crippen molar-refractivity contribution in [3.05, 3.63) is 6.61 Å². The van der Waals surface area contributed by atoms with E-state index in [1.54, 1.807) is 6.61 Å². The minimum absolute atomic E-state index is 0.140. The predicted octanol–water partition coefficient (Wildman–Crippen LogP) is 4.49. The molecule has 0 amide bonds. The monoisotopic (exact) mass is 227 g/mol. The van der Waals surface area contributed by atoms with Crippen LogP contribution in [0.15, 0.2) is 0 Å². The van der Waals surface area contributed by atoms with Crippen molar-refractivity contribution < 1.29 is 9.53 Å². The third-order valence-corrected chi connectivity index (χ3v) is 2.48. The Morgan fingerprint density at radius 1 is 1.06 bits per heavy atom. The van der Waals surface area contributed by atoms with Crippen LogP contribution in [-0.2, 0) is 9.53 Å². The fourth-order valence-electron chi connectivity index (χ4n) is 1.32. The lowest BCUT2D eigenvalue weighted by Crippen LogP contribution is -2.21. The quantitative estimate of drug-likeness (QED) is 0.451. The molecule has 0 aliphatic rings. The SMILES string of the molecule is CCCCCCCC[CH]OC(=O)C(C)(C)C. The number of carbonyl (C=O) groups excluding carboxylic acids is 1. The van der Waals surface area contributed by atoms with Gasteiger partial charge in [0.15, 0.2) is 0 Å². The minimum Gasteiger partial charge on any atom is -0.458 e. The summed E-state index contributed by atoms with van der Waals surface area (Å²) in [6.45, 7) is 9.49. The highest BCUT2D eigenvalue weighted by molar-refractivity contribution is 5.75. The Bertz CT molecular complexity index is 180. The van der Waals surface area contributed by atoms with Crippen LogP contribution >= 0.6 is 0 Å². The van der Waals surface area contributed by atoms with Crippen molar-refractivity contribution in [2.45, 2.75) is 72.6 Å². The van der Waals surface area contributed by atoms with Gasteiger partial charge in [0.05, 0.1) is 5.41 Å². The van der Waals surface area contributed by atoms with E-state index in [2.05, 4.69) is 6.92 Å². The van der Waals surface area contributed by atoms with Crippen LogP contribution in [0.25, 0.3) is 0 Å². The molecule has 0 unspecified atom stereocenters. The van der Waals surface area contributed by atoms with Gasteiger partial charge in [-0.1, -0.05) is 39.0 Å². The Balaban J connectivity index is 3.25. The molecule has 0 heterocycles. The van der Waals surface area contributed by atoms with Crippen LogP contribution in [0.4, 0.5) is 0 Å². The van der Waals surface area contributed by atoms with Crippen LogP contribution in [0.5, 0.6) is 0 Å². The molecule has 0 aromatic carbocycles. The molecule has 0 rings (SSSR count). The molecule has 0 spiro atoms. The summed E-state index contributed by atoms with van der Waals surface area (Å²) < 4.78 is 5.07. The van der Waals surface area contributed by atoms with E-state index in [9.17, 15) is 4.79 Å². The fraction of sp³-hybridized carbons (Fsp3) is 0.857. The number of esters is 1. The van der Waals surface area contributed by atoms with Crippen molar-refractivity contribution in [2.75, 3.05) is 0 Å². The average Bonchev–Trinajstić information content (AvgIpc) is 2.20. The van der Waals surface area contributed by atoms with Gasteiger partial charge in [-0.25, -0.2) is 0 Å². The molecule has 2 heteroatoms. The van der Waals surface area contributed by atoms with E-state index >= 15 is 0 Å². The molecule has 1 radical (unpaired) electrons. The van der Waals surface area contributed by atoms with Crippen molar-refractivity contribution in [1.29, 1.82) is 0 Å². The molecule has 0 aromatic rings. The van der Waals surface area contributed by atoms with Crippen LogP contribution in [0.2, 0.25) is 0 Å². The molecule has 2 nitrogen and oxygen atoms in total. The molecule has 16 heavy (non-hydrogen) atoms. The van der Waals surface area contributed by atoms with Crippen molar-refractivity contribution in [1.82, 2.24) is 0 Å². The van der Waals surface area contributed by atoms with E-state index in [0.717, 1.165) is 12.8 Å². The van der Waals surface area contributed by atoms with Crippen molar-refractivity contribution in [2.24, 2.45) is 5.41 Å². The minimum atomic E-state index is -0.391. The summed E-state index contributed by atoms with van der Waals surface area (Å²) in [7, 11) is 0. The molecule has 95 valence electrons. The van der Waals surface area contributed by atoms with E-state index in [1.807, 2.05) is 20.8 Å². The Kier molecular flexibility index (Phi) is 8.32. The summed E-state index contributed by atoms with van der Waals surface area (Å²) in [5, 5.41) is 0. The second-order valence-corrected chi connectivity index (χ2v) is 5.38. The van der Waals surface area contributed by atoms with Crippen LogP contribution in [0.1, 0.15) is 72.6 Å². The second-order valence-electron chi connectivity index (χ2n) is 5.38. The van der Waals surface area contributed by atoms with Crippen LogP contribution in [0, 0.1) is 12.0 Å². The predicted molar refractivity (Wildman–Crippen MR) is 67.8 cm³/mol. The summed E-state index contributed by atoms with van der Waals surface area (Å²) in [6, 6.07) is 0. The Morgan fingerprint density at radius 3 is 2.19 bits per heavy atom. The van der Waals surface area contributed by atoms with Crippen LogP contribution in [0.3, 0.4) is 0 Å². The molecule has 0 bridgehead atoms. The first kappa shape index (κ1) is 15.5. The lowest BCUT2D eigenvalue weighted by molar-refractivity contribution is -0.149. The van der Waals surface area contributed by atoms with Crippen molar-refractivity contribution in [3.63, 3.8) is 0 Å². The van der Waals surface area contributed by atoms with Gasteiger partial charge in [0.25, 0.3) is 0 Å². The molecule has 0 saturated carbocycles. The van der Waals surface area contributed by atoms with Gasteiger partial charge in [-0.3, -0.25) is 4.79 Å². The molecule has 0 aromatic heterocycles. The van der Waals surface area contributed by atoms with Gasteiger partial charge in [-0.15, -0.1) is 0 Å². The summed E-state index contributed by atoms with van der Waals surface area (Å²) >= 11 is 0. The Morgan fingerprint density at radius 2 is 1.62 bits per heavy atom. The highest BCUT2D eigenvalue weighted by Gasteiger charge is 2.22. The van der Waals surface area contributed by atoms with Crippen molar-refractivity contribution >= 4 is 5.97 Å². The van der Waals surface area contributed by atoms with Gasteiger partial charge >= 0.3 is 5.97 Å². The fourth-order valence-corrected chi connectivity index (χ4v) is 1.32. The van der Waals surface area contributed by atoms with Gasteiger partial charge in [0.2, 0.25) is 0 Å². The number of rotatable bonds is 8. The Hall–Kier alpha value is -0.530. The van der Waals surface area contributed by atoms with Crippen LogP contribution in [-0.4, -0.2) is 5.97 Å². The van der Waals surface area contributed by atoms with Gasteiger partial charge in [0.1, 0.15) is 6.61 Å². The highest BCUT2D eigenvalue weighted by atomic mass is 16.5. The molecule has 0 atom stereocenters. The zero-order valence-corrected chi connectivity index (χ0v) is 11.3. The summed E-state index contributed by atoms with van der Waals surface area (Å²) in [5.41, 5.74) is -0.391. The lowest BCUT2D eigenvalue weighted by atomic mass is 9.97. The van der Waals surface area contributed by atoms with E-state index < -0.39 is 5.41 Å². The third-order valence-electron chi connectivity index (χ3n) is 2.48. The number of hydrogen-bond acceptors (Lipinski definition) is 2. The number of ether oxygens (including phenoxy) is 1. The van der Waals surface area contributed by atoms with E-state index in [4.69, 9.17) is 4.74 Å². The highest BCUT2D eigenvalue weighted by Crippen LogP contribution is 2.16. The summed E-state index contributed by atoms with van der Waals surface area (Å²) in [4.78, 5) is 11.4. The maximum atomic E-state index is 11.4. The van der Waals surface area contributed by atoms with Gasteiger partial charge in [0, 0.05) is 0 Å². The zero-order chi connectivity index (χ0) is 12.4. The van der Waals surface area contributed by atoms with Gasteiger partial charge in [-0.05, 0) is 33.6 Å². The average molecular weight is 227 g/mol. The van der Waals surface area contributed by atoms with E-state index in [1.165, 1.54) is 32.1 Å². The van der Waals surface area contributed by atoms with Gasteiger partial charge in [-0.2, -0.15) is 0 Å². The van der Waals surface area contributed by atoms with Gasteiger partial charge < -0.3 is 4.74 Å². The molecule has 0 aliphatic carbocycles. The van der Waals surface area contributed by atoms with Crippen molar-refractivity contribution in [3.8, 4) is 0 Å². The first-order valence-electron chi connectivity index (χ1n) is 6.51. The van der Waals surface area contributed by atoms with E-state index in [0.29, 0.717) is 0 Å². The summed E-state index contributed by atoms with van der Waals surface area (Å²) in [6.07, 6.45) is 8.50. The normalized spacial score (nSPS) is 11.5. The topological polar surface area (TPSA) is 26.3 Å². The largest absolute Gasteiger partial charge is 0.458 e. The first-order chi connectivity index (χ1) is 7.48. The first-order valence-corrected chi connectivity index (χ1v) is 6.51. The smallest absolute Gasteiger partial charge is 0.311 e. The molecular weight excluding hydrogens is 200 g/mol. The standard InChI is InChI=1S/C14H27O2/c1-5-6-7-8-9-10-11-12-16-13(15)14(2,3)4/h12H,5-11H2,1-4H3. The molecule has 0 saturated heterocycles. The Labute approximate surface area is 101 Å². The van der Waals surface area contributed by atoms with E-state index in [-0.39, 0.29) is 5.97 Å². The second kappa shape index (κ2) is 8.60. The number of carbonyl (C=O) groups is 1. The molecule has 0 fully saturated rings. The maximum Gasteiger partial charge on any atom is 0.311 e. The third kappa shape index (κ3) is 8.75. The molecular formula is C14H27O2. The number of hydrogen-bond donors (Lipinski definition) is 0. The summed E-state index contributed by atoms with van der Waals surface area (Å²) in [5.74, 6) is -0.140.